The highest BCUT2D eigenvalue weighted by Gasteiger charge is 2.14. The van der Waals surface area contributed by atoms with Crippen LogP contribution in [0.1, 0.15) is 11.1 Å². The van der Waals surface area contributed by atoms with Crippen molar-refractivity contribution in [3.05, 3.63) is 29.3 Å². The number of aryl methyl sites for hydroxylation is 2. The van der Waals surface area contributed by atoms with E-state index in [1.54, 1.807) is 12.1 Å². The van der Waals surface area contributed by atoms with Crippen molar-refractivity contribution in [3.8, 4) is 5.75 Å². The lowest BCUT2D eigenvalue weighted by atomic mass is 10.1. The fraction of sp³-hybridized carbons (Fsp3) is 0.385. The Balaban J connectivity index is 2.39. The second-order valence-electron chi connectivity index (χ2n) is 4.27. The van der Waals surface area contributed by atoms with E-state index in [2.05, 4.69) is 5.32 Å². The van der Waals surface area contributed by atoms with Gasteiger partial charge >= 0.3 is 5.97 Å². The number of carboxylic acid groups (broad SMARTS) is 1. The summed E-state index contributed by atoms with van der Waals surface area (Å²) in [6.45, 7) is 3.27. The van der Waals surface area contributed by atoms with Crippen LogP contribution in [0.25, 0.3) is 0 Å². The van der Waals surface area contributed by atoms with Crippen LogP contribution >= 0.6 is 0 Å². The van der Waals surface area contributed by atoms with Crippen molar-refractivity contribution in [2.75, 3.05) is 13.2 Å². The molecule has 0 saturated heterocycles. The first-order valence-electron chi connectivity index (χ1n) is 5.77. The Hall–Kier alpha value is -2.08. The summed E-state index contributed by atoms with van der Waals surface area (Å²) in [5.74, 6) is -1.29. The summed E-state index contributed by atoms with van der Waals surface area (Å²) in [5, 5.41) is 19.7. The van der Waals surface area contributed by atoms with Crippen molar-refractivity contribution in [2.24, 2.45) is 0 Å². The minimum atomic E-state index is -1.61. The van der Waals surface area contributed by atoms with E-state index < -0.39 is 18.0 Å². The minimum absolute atomic E-state index is 0.227. The maximum absolute atomic E-state index is 11.4. The zero-order valence-corrected chi connectivity index (χ0v) is 10.8. The maximum atomic E-state index is 11.4. The van der Waals surface area contributed by atoms with Crippen molar-refractivity contribution in [3.63, 3.8) is 0 Å². The molecular weight excluding hydrogens is 250 g/mol. The largest absolute Gasteiger partial charge is 0.484 e. The van der Waals surface area contributed by atoms with Crippen LogP contribution in [-0.2, 0) is 9.59 Å². The Labute approximate surface area is 111 Å². The Morgan fingerprint density at radius 3 is 2.37 bits per heavy atom. The Morgan fingerprint density at radius 1 is 1.26 bits per heavy atom. The van der Waals surface area contributed by atoms with Gasteiger partial charge in [-0.2, -0.15) is 0 Å². The summed E-state index contributed by atoms with van der Waals surface area (Å²) >= 11 is 0. The molecule has 0 bridgehead atoms. The SMILES string of the molecule is Cc1cc(C)cc(OCC(=O)NCC(O)C(=O)O)c1. The number of ether oxygens (including phenoxy) is 1. The molecule has 1 aromatic carbocycles. The lowest BCUT2D eigenvalue weighted by molar-refractivity contribution is -0.146. The number of aliphatic hydroxyl groups excluding tert-OH is 1. The quantitative estimate of drug-likeness (QED) is 0.686. The van der Waals surface area contributed by atoms with Gasteiger partial charge in [0.05, 0.1) is 6.54 Å². The molecule has 0 saturated carbocycles. The van der Waals surface area contributed by atoms with E-state index in [1.807, 2.05) is 19.9 Å². The average Bonchev–Trinajstić information content (AvgIpc) is 2.32. The Kier molecular flexibility index (Phi) is 5.32. The normalized spacial score (nSPS) is 11.7. The number of amides is 1. The van der Waals surface area contributed by atoms with E-state index in [-0.39, 0.29) is 13.2 Å². The highest BCUT2D eigenvalue weighted by atomic mass is 16.5. The third-order valence-electron chi connectivity index (χ3n) is 2.34. The predicted molar refractivity (Wildman–Crippen MR) is 68.1 cm³/mol. The van der Waals surface area contributed by atoms with Gasteiger partial charge in [-0.25, -0.2) is 4.79 Å². The first kappa shape index (κ1) is 15.0. The number of aliphatic hydroxyl groups is 1. The van der Waals surface area contributed by atoms with Crippen LogP contribution in [0.5, 0.6) is 5.75 Å². The molecule has 6 nitrogen and oxygen atoms in total. The predicted octanol–water partition coefficient (Wildman–Crippen LogP) is 0.244. The third kappa shape index (κ3) is 5.39. The van der Waals surface area contributed by atoms with Crippen molar-refractivity contribution in [1.29, 1.82) is 0 Å². The lowest BCUT2D eigenvalue weighted by Crippen LogP contribution is -2.38. The number of carbonyl (C=O) groups excluding carboxylic acids is 1. The molecule has 1 aromatic rings. The number of aliphatic carboxylic acids is 1. The summed E-state index contributed by atoms with van der Waals surface area (Å²) in [5.41, 5.74) is 2.05. The third-order valence-corrected chi connectivity index (χ3v) is 2.34. The monoisotopic (exact) mass is 267 g/mol. The molecule has 1 atom stereocenters. The highest BCUT2D eigenvalue weighted by molar-refractivity contribution is 5.79. The molecular formula is C13H17NO5. The number of nitrogens with one attached hydrogen (secondary N) is 1. The first-order chi connectivity index (χ1) is 8.88. The zero-order valence-electron chi connectivity index (χ0n) is 10.8. The van der Waals surface area contributed by atoms with E-state index in [1.165, 1.54) is 0 Å². The second-order valence-corrected chi connectivity index (χ2v) is 4.27. The van der Waals surface area contributed by atoms with Gasteiger partial charge in [-0.05, 0) is 37.1 Å². The number of rotatable bonds is 6. The van der Waals surface area contributed by atoms with Crippen molar-refractivity contribution >= 4 is 11.9 Å². The van der Waals surface area contributed by atoms with Crippen molar-refractivity contribution in [2.45, 2.75) is 20.0 Å². The van der Waals surface area contributed by atoms with E-state index in [9.17, 15) is 9.59 Å². The summed E-state index contributed by atoms with van der Waals surface area (Å²) in [6, 6.07) is 5.58. The van der Waals surface area contributed by atoms with E-state index in [4.69, 9.17) is 14.9 Å². The van der Waals surface area contributed by atoms with E-state index >= 15 is 0 Å². The highest BCUT2D eigenvalue weighted by Crippen LogP contribution is 2.15. The van der Waals surface area contributed by atoms with Gasteiger partial charge in [0.1, 0.15) is 5.75 Å². The van der Waals surface area contributed by atoms with Crippen LogP contribution in [0.2, 0.25) is 0 Å². The molecule has 0 aliphatic heterocycles. The molecule has 6 heteroatoms. The van der Waals surface area contributed by atoms with Crippen molar-refractivity contribution in [1.82, 2.24) is 5.32 Å². The van der Waals surface area contributed by atoms with Gasteiger partial charge in [-0.1, -0.05) is 6.07 Å². The fourth-order valence-corrected chi connectivity index (χ4v) is 1.51. The Bertz CT molecular complexity index is 452. The van der Waals surface area contributed by atoms with Gasteiger partial charge in [0.15, 0.2) is 12.7 Å². The summed E-state index contributed by atoms with van der Waals surface area (Å²) < 4.78 is 5.28. The van der Waals surface area contributed by atoms with Crippen LogP contribution in [0, 0.1) is 13.8 Å². The summed E-state index contributed by atoms with van der Waals surface area (Å²) in [7, 11) is 0. The average molecular weight is 267 g/mol. The molecule has 19 heavy (non-hydrogen) atoms. The lowest BCUT2D eigenvalue weighted by Gasteiger charge is -2.10. The number of hydrogen-bond donors (Lipinski definition) is 3. The molecule has 1 unspecified atom stereocenters. The first-order valence-corrected chi connectivity index (χ1v) is 5.77. The molecule has 0 aliphatic rings. The van der Waals surface area contributed by atoms with Gasteiger partial charge in [0.25, 0.3) is 5.91 Å². The molecule has 0 heterocycles. The molecule has 0 aromatic heterocycles. The van der Waals surface area contributed by atoms with Gasteiger partial charge in [-0.15, -0.1) is 0 Å². The van der Waals surface area contributed by atoms with Gasteiger partial charge < -0.3 is 20.3 Å². The Morgan fingerprint density at radius 2 is 1.84 bits per heavy atom. The fourth-order valence-electron chi connectivity index (χ4n) is 1.51. The van der Waals surface area contributed by atoms with E-state index in [0.29, 0.717) is 5.75 Å². The van der Waals surface area contributed by atoms with Gasteiger partial charge in [-0.3, -0.25) is 4.79 Å². The smallest absolute Gasteiger partial charge is 0.334 e. The molecule has 0 fully saturated rings. The maximum Gasteiger partial charge on any atom is 0.334 e. The molecule has 1 amide bonds. The van der Waals surface area contributed by atoms with E-state index in [0.717, 1.165) is 11.1 Å². The van der Waals surface area contributed by atoms with Crippen LogP contribution in [0.15, 0.2) is 18.2 Å². The number of carboxylic acids is 1. The van der Waals surface area contributed by atoms with Crippen LogP contribution in [0.3, 0.4) is 0 Å². The second kappa shape index (κ2) is 6.75. The standard InChI is InChI=1S/C13H17NO5/c1-8-3-9(2)5-10(4-8)19-7-12(16)14-6-11(15)13(17)18/h3-5,11,15H,6-7H2,1-2H3,(H,14,16)(H,17,18). The molecule has 0 radical (unpaired) electrons. The minimum Gasteiger partial charge on any atom is -0.484 e. The van der Waals surface area contributed by atoms with Crippen molar-refractivity contribution < 1.29 is 24.5 Å². The topological polar surface area (TPSA) is 95.9 Å². The van der Waals surface area contributed by atoms with Gasteiger partial charge in [0, 0.05) is 0 Å². The number of benzene rings is 1. The summed E-state index contributed by atoms with van der Waals surface area (Å²) in [6.07, 6.45) is -1.61. The molecule has 3 N–H and O–H groups in total. The van der Waals surface area contributed by atoms with Crippen LogP contribution < -0.4 is 10.1 Å². The molecule has 0 aliphatic carbocycles. The van der Waals surface area contributed by atoms with Crippen LogP contribution in [-0.4, -0.2) is 41.3 Å². The zero-order chi connectivity index (χ0) is 14.4. The molecule has 0 spiro atoms. The molecule has 1 rings (SSSR count). The van der Waals surface area contributed by atoms with Crippen LogP contribution in [0.4, 0.5) is 0 Å². The molecule has 104 valence electrons. The number of hydrogen-bond acceptors (Lipinski definition) is 4. The number of carbonyl (C=O) groups is 2. The summed E-state index contributed by atoms with van der Waals surface area (Å²) in [4.78, 5) is 21.7. The van der Waals surface area contributed by atoms with Gasteiger partial charge in [0.2, 0.25) is 0 Å².